The number of carbonyl (C=O) groups excluding carboxylic acids is 1. The third-order valence-electron chi connectivity index (χ3n) is 4.57. The zero-order chi connectivity index (χ0) is 14.3. The van der Waals surface area contributed by atoms with Gasteiger partial charge in [0, 0.05) is 12.5 Å². The highest BCUT2D eigenvalue weighted by Crippen LogP contribution is 2.51. The molecule has 4 heteroatoms. The van der Waals surface area contributed by atoms with E-state index in [0.717, 1.165) is 30.8 Å². The average molecular weight is 275 g/mol. The molecule has 1 aromatic carbocycles. The maximum atomic E-state index is 11.4. The molecule has 0 aromatic heterocycles. The lowest BCUT2D eigenvalue weighted by Crippen LogP contribution is -2.58. The van der Waals surface area contributed by atoms with Crippen LogP contribution in [0.3, 0.4) is 0 Å². The van der Waals surface area contributed by atoms with E-state index in [1.54, 1.807) is 14.0 Å². The molecule has 2 aliphatic rings. The number of ether oxygens (including phenoxy) is 2. The van der Waals surface area contributed by atoms with Gasteiger partial charge in [0.2, 0.25) is 5.91 Å². The minimum absolute atomic E-state index is 0.00380. The van der Waals surface area contributed by atoms with Gasteiger partial charge in [0.15, 0.2) is 11.5 Å². The Hall–Kier alpha value is -1.71. The molecule has 1 aliphatic heterocycles. The lowest BCUT2D eigenvalue weighted by atomic mass is 9.70. The van der Waals surface area contributed by atoms with Crippen LogP contribution < -0.4 is 14.8 Å². The topological polar surface area (TPSA) is 47.6 Å². The number of carbonyl (C=O) groups is 1. The van der Waals surface area contributed by atoms with Crippen molar-refractivity contribution in [3.05, 3.63) is 23.8 Å². The maximum Gasteiger partial charge on any atom is 0.217 e. The van der Waals surface area contributed by atoms with Crippen LogP contribution in [0.4, 0.5) is 0 Å². The van der Waals surface area contributed by atoms with Crippen LogP contribution in [0, 0.1) is 0 Å². The molecule has 4 nitrogen and oxygen atoms in total. The molecule has 0 saturated heterocycles. The smallest absolute Gasteiger partial charge is 0.217 e. The van der Waals surface area contributed by atoms with E-state index < -0.39 is 0 Å². The van der Waals surface area contributed by atoms with Gasteiger partial charge in [-0.3, -0.25) is 4.79 Å². The van der Waals surface area contributed by atoms with Gasteiger partial charge in [-0.15, -0.1) is 0 Å². The third-order valence-corrected chi connectivity index (χ3v) is 4.57. The molecule has 0 radical (unpaired) electrons. The highest BCUT2D eigenvalue weighted by atomic mass is 16.5. The summed E-state index contributed by atoms with van der Waals surface area (Å²) >= 11 is 0. The van der Waals surface area contributed by atoms with Crippen LogP contribution in [0.1, 0.15) is 44.6 Å². The molecule has 1 saturated carbocycles. The van der Waals surface area contributed by atoms with E-state index in [4.69, 9.17) is 9.47 Å². The lowest BCUT2D eigenvalue weighted by Gasteiger charge is -2.49. The summed E-state index contributed by atoms with van der Waals surface area (Å²) < 4.78 is 11.7. The summed E-state index contributed by atoms with van der Waals surface area (Å²) in [7, 11) is 1.66. The van der Waals surface area contributed by atoms with Gasteiger partial charge in [0.25, 0.3) is 0 Å². The van der Waals surface area contributed by atoms with Crippen molar-refractivity contribution < 1.29 is 14.3 Å². The number of benzene rings is 1. The van der Waals surface area contributed by atoms with Crippen LogP contribution in [-0.2, 0) is 4.79 Å². The van der Waals surface area contributed by atoms with Crippen LogP contribution in [-0.4, -0.2) is 24.7 Å². The predicted octanol–water partition coefficient (Wildman–Crippen LogP) is 2.62. The monoisotopic (exact) mass is 275 g/mol. The fraction of sp³-hybridized carbons (Fsp3) is 0.562. The number of amides is 1. The van der Waals surface area contributed by atoms with Gasteiger partial charge in [-0.2, -0.15) is 0 Å². The van der Waals surface area contributed by atoms with Gasteiger partial charge in [0.05, 0.1) is 13.2 Å². The third kappa shape index (κ3) is 2.03. The summed E-state index contributed by atoms with van der Waals surface area (Å²) in [4.78, 5) is 11.4. The number of hydrogen-bond acceptors (Lipinski definition) is 3. The number of rotatable bonds is 2. The SMILES string of the molecule is COc1cccc2c1OC1(C)CC2CCC1NC(C)=O. The second-order valence-electron chi connectivity index (χ2n) is 6.02. The van der Waals surface area contributed by atoms with Crippen molar-refractivity contribution in [2.45, 2.75) is 50.7 Å². The van der Waals surface area contributed by atoms with Gasteiger partial charge in [-0.25, -0.2) is 0 Å². The zero-order valence-corrected chi connectivity index (χ0v) is 12.2. The molecular formula is C16H21NO3. The Bertz CT molecular complexity index is 543. The largest absolute Gasteiger partial charge is 0.493 e. The molecule has 3 atom stereocenters. The molecular weight excluding hydrogens is 254 g/mol. The van der Waals surface area contributed by atoms with E-state index in [-0.39, 0.29) is 17.6 Å². The highest BCUT2D eigenvalue weighted by Gasteiger charge is 2.48. The molecule has 1 heterocycles. The molecule has 1 aliphatic carbocycles. The Labute approximate surface area is 119 Å². The summed E-state index contributed by atoms with van der Waals surface area (Å²) in [6.45, 7) is 3.65. The van der Waals surface area contributed by atoms with E-state index in [0.29, 0.717) is 5.92 Å². The molecule has 1 N–H and O–H groups in total. The number of hydrogen-bond donors (Lipinski definition) is 1. The summed E-state index contributed by atoms with van der Waals surface area (Å²) in [5, 5.41) is 3.04. The summed E-state index contributed by atoms with van der Waals surface area (Å²) in [6.07, 6.45) is 2.97. The summed E-state index contributed by atoms with van der Waals surface area (Å²) in [6, 6.07) is 6.13. The van der Waals surface area contributed by atoms with Gasteiger partial charge in [0.1, 0.15) is 5.60 Å². The van der Waals surface area contributed by atoms with Crippen molar-refractivity contribution in [1.82, 2.24) is 5.32 Å². The molecule has 2 bridgehead atoms. The Balaban J connectivity index is 1.99. The second-order valence-corrected chi connectivity index (χ2v) is 6.02. The fourth-order valence-corrected chi connectivity index (χ4v) is 3.61. The molecule has 1 aromatic rings. The van der Waals surface area contributed by atoms with Crippen LogP contribution in [0.15, 0.2) is 18.2 Å². The van der Waals surface area contributed by atoms with Gasteiger partial charge < -0.3 is 14.8 Å². The van der Waals surface area contributed by atoms with Crippen molar-refractivity contribution in [3.63, 3.8) is 0 Å². The first-order valence-corrected chi connectivity index (χ1v) is 7.16. The number of fused-ring (bicyclic) bond motifs is 4. The predicted molar refractivity (Wildman–Crippen MR) is 76.2 cm³/mol. The molecule has 1 fully saturated rings. The molecule has 20 heavy (non-hydrogen) atoms. The van der Waals surface area contributed by atoms with Crippen molar-refractivity contribution in [3.8, 4) is 11.5 Å². The van der Waals surface area contributed by atoms with Crippen LogP contribution in [0.5, 0.6) is 11.5 Å². The van der Waals surface area contributed by atoms with E-state index in [1.807, 2.05) is 12.1 Å². The lowest BCUT2D eigenvalue weighted by molar-refractivity contribution is -0.122. The highest BCUT2D eigenvalue weighted by molar-refractivity contribution is 5.73. The first kappa shape index (κ1) is 13.3. The quantitative estimate of drug-likeness (QED) is 0.902. The Kier molecular flexibility index (Phi) is 3.11. The Morgan fingerprint density at radius 2 is 2.25 bits per heavy atom. The van der Waals surface area contributed by atoms with Crippen molar-refractivity contribution in [2.24, 2.45) is 0 Å². The molecule has 1 amide bonds. The van der Waals surface area contributed by atoms with Gasteiger partial charge in [-0.05, 0) is 38.2 Å². The average Bonchev–Trinajstić information content (AvgIpc) is 2.41. The van der Waals surface area contributed by atoms with E-state index >= 15 is 0 Å². The second kappa shape index (κ2) is 4.69. The normalized spacial score (nSPS) is 30.9. The number of nitrogens with one attached hydrogen (secondary N) is 1. The van der Waals surface area contributed by atoms with Gasteiger partial charge >= 0.3 is 0 Å². The summed E-state index contributed by atoms with van der Waals surface area (Å²) in [5.41, 5.74) is 0.888. The molecule has 3 unspecified atom stereocenters. The number of para-hydroxylation sites is 1. The van der Waals surface area contributed by atoms with E-state index in [9.17, 15) is 4.79 Å². The van der Waals surface area contributed by atoms with E-state index in [2.05, 4.69) is 18.3 Å². The maximum absolute atomic E-state index is 11.4. The van der Waals surface area contributed by atoms with Crippen LogP contribution in [0.25, 0.3) is 0 Å². The van der Waals surface area contributed by atoms with Crippen molar-refractivity contribution in [1.29, 1.82) is 0 Å². The Morgan fingerprint density at radius 1 is 1.45 bits per heavy atom. The number of methoxy groups -OCH3 is 1. The van der Waals surface area contributed by atoms with Crippen molar-refractivity contribution in [2.75, 3.05) is 7.11 Å². The molecule has 3 rings (SSSR count). The van der Waals surface area contributed by atoms with Crippen LogP contribution in [0.2, 0.25) is 0 Å². The van der Waals surface area contributed by atoms with E-state index in [1.165, 1.54) is 5.56 Å². The van der Waals surface area contributed by atoms with Gasteiger partial charge in [-0.1, -0.05) is 12.1 Å². The minimum Gasteiger partial charge on any atom is -0.493 e. The standard InChI is InChI=1S/C16H21NO3/c1-10(18)17-14-8-7-11-9-16(14,2)20-15-12(11)5-4-6-13(15)19-3/h4-6,11,14H,7-9H2,1-3H3,(H,17,18). The molecule has 108 valence electrons. The fourth-order valence-electron chi connectivity index (χ4n) is 3.61. The molecule has 0 spiro atoms. The first-order chi connectivity index (χ1) is 9.53. The van der Waals surface area contributed by atoms with Crippen molar-refractivity contribution >= 4 is 5.91 Å². The Morgan fingerprint density at radius 3 is 2.95 bits per heavy atom. The van der Waals surface area contributed by atoms with Crippen LogP contribution >= 0.6 is 0 Å². The zero-order valence-electron chi connectivity index (χ0n) is 12.2. The minimum atomic E-state index is -0.351. The first-order valence-electron chi connectivity index (χ1n) is 7.16. The summed E-state index contributed by atoms with van der Waals surface area (Å²) in [5.74, 6) is 2.12.